The van der Waals surface area contributed by atoms with E-state index in [0.29, 0.717) is 10.7 Å². The summed E-state index contributed by atoms with van der Waals surface area (Å²) in [5, 5.41) is 2.89. The normalized spacial score (nSPS) is 14.0. The van der Waals surface area contributed by atoms with Crippen LogP contribution >= 0.6 is 12.2 Å². The minimum absolute atomic E-state index is 0.0486. The fraction of sp³-hybridized carbons (Fsp3) is 0.0667. The number of thiocarbonyl (C=S) groups is 1. The Morgan fingerprint density at radius 2 is 1.76 bits per heavy atom. The first-order chi connectivity index (χ1) is 10.1. The second-order valence-corrected chi connectivity index (χ2v) is 4.99. The highest BCUT2D eigenvalue weighted by Crippen LogP contribution is 2.26. The Labute approximate surface area is 124 Å². The van der Waals surface area contributed by atoms with Crippen LogP contribution in [0.15, 0.2) is 41.4 Å². The highest BCUT2D eigenvalue weighted by molar-refractivity contribution is 7.80. The molecule has 3 rings (SSSR count). The van der Waals surface area contributed by atoms with Crippen LogP contribution in [0.1, 0.15) is 11.1 Å². The highest BCUT2D eigenvalue weighted by atomic mass is 32.1. The van der Waals surface area contributed by atoms with E-state index in [1.165, 1.54) is 24.3 Å². The lowest BCUT2D eigenvalue weighted by Gasteiger charge is -2.11. The highest BCUT2D eigenvalue weighted by Gasteiger charge is 2.22. The third kappa shape index (κ3) is 2.54. The van der Waals surface area contributed by atoms with E-state index in [-0.39, 0.29) is 23.4 Å². The lowest BCUT2D eigenvalue weighted by Crippen LogP contribution is -2.11. The van der Waals surface area contributed by atoms with Gasteiger partial charge in [0.1, 0.15) is 22.4 Å². The van der Waals surface area contributed by atoms with Gasteiger partial charge in [0, 0.05) is 11.3 Å². The van der Waals surface area contributed by atoms with E-state index in [2.05, 4.69) is 10.3 Å². The largest absolute Gasteiger partial charge is 0.348 e. The van der Waals surface area contributed by atoms with Crippen molar-refractivity contribution in [3.8, 4) is 0 Å². The lowest BCUT2D eigenvalue weighted by molar-refractivity contribution is 0.579. The Hall–Kier alpha value is -2.21. The molecule has 0 aromatic heterocycles. The number of hydrogen-bond acceptors (Lipinski definition) is 2. The summed E-state index contributed by atoms with van der Waals surface area (Å²) < 4.78 is 41.5. The molecule has 2 nitrogen and oxygen atoms in total. The van der Waals surface area contributed by atoms with Crippen LogP contribution in [-0.2, 0) is 0 Å². The quantitative estimate of drug-likeness (QED) is 0.813. The topological polar surface area (TPSA) is 24.4 Å². The van der Waals surface area contributed by atoms with Crippen LogP contribution in [0.2, 0.25) is 0 Å². The van der Waals surface area contributed by atoms with E-state index >= 15 is 0 Å². The zero-order valence-electron chi connectivity index (χ0n) is 10.7. The number of hydrogen-bond donors (Lipinski definition) is 1. The van der Waals surface area contributed by atoms with E-state index in [0.717, 1.165) is 12.1 Å². The summed E-state index contributed by atoms with van der Waals surface area (Å²) in [6.45, 7) is 0.0781. The molecule has 0 bridgehead atoms. The molecule has 21 heavy (non-hydrogen) atoms. The maximum Gasteiger partial charge on any atom is 0.135 e. The third-order valence-electron chi connectivity index (χ3n) is 3.09. The Bertz CT molecular complexity index is 751. The summed E-state index contributed by atoms with van der Waals surface area (Å²) in [6, 6.07) is 7.43. The predicted molar refractivity (Wildman–Crippen MR) is 79.5 cm³/mol. The molecule has 2 aromatic rings. The molecule has 0 spiro atoms. The van der Waals surface area contributed by atoms with Crippen LogP contribution in [0.25, 0.3) is 0 Å². The van der Waals surface area contributed by atoms with Gasteiger partial charge in [0.2, 0.25) is 0 Å². The Morgan fingerprint density at radius 3 is 2.48 bits per heavy atom. The van der Waals surface area contributed by atoms with Gasteiger partial charge < -0.3 is 5.32 Å². The van der Waals surface area contributed by atoms with Gasteiger partial charge in [0.15, 0.2) is 0 Å². The first kappa shape index (κ1) is 13.8. The summed E-state index contributed by atoms with van der Waals surface area (Å²) in [5.41, 5.74) is 0.516. The molecule has 106 valence electrons. The van der Waals surface area contributed by atoms with Gasteiger partial charge in [-0.1, -0.05) is 18.3 Å². The summed E-state index contributed by atoms with van der Waals surface area (Å²) in [5.74, 6) is -2.03. The fourth-order valence-corrected chi connectivity index (χ4v) is 2.36. The van der Waals surface area contributed by atoms with Crippen molar-refractivity contribution < 1.29 is 13.2 Å². The molecule has 1 heterocycles. The molecule has 0 radical (unpaired) electrons. The molecule has 0 aliphatic carbocycles. The second-order valence-electron chi connectivity index (χ2n) is 4.50. The maximum atomic E-state index is 14.0. The van der Waals surface area contributed by atoms with Gasteiger partial charge >= 0.3 is 0 Å². The number of halogens is 3. The third-order valence-corrected chi connectivity index (χ3v) is 3.32. The zero-order chi connectivity index (χ0) is 15.0. The van der Waals surface area contributed by atoms with Crippen molar-refractivity contribution in [1.82, 2.24) is 0 Å². The van der Waals surface area contributed by atoms with E-state index in [1.807, 2.05) is 0 Å². The molecular weight excluding hydrogens is 297 g/mol. The van der Waals surface area contributed by atoms with Gasteiger partial charge in [0.05, 0.1) is 17.8 Å². The van der Waals surface area contributed by atoms with Gasteiger partial charge in [-0.3, -0.25) is 4.99 Å². The van der Waals surface area contributed by atoms with Crippen molar-refractivity contribution in [2.75, 3.05) is 11.9 Å². The van der Waals surface area contributed by atoms with Crippen LogP contribution in [0, 0.1) is 17.5 Å². The molecule has 0 fully saturated rings. The summed E-state index contributed by atoms with van der Waals surface area (Å²) in [7, 11) is 0. The SMILES string of the molecule is Fc1ccc2c(c1)C(c1c(F)cccc1F)=NCC(=S)N2. The molecule has 0 amide bonds. The van der Waals surface area contributed by atoms with E-state index in [9.17, 15) is 13.2 Å². The Morgan fingerprint density at radius 1 is 1.05 bits per heavy atom. The lowest BCUT2D eigenvalue weighted by atomic mass is 9.99. The van der Waals surface area contributed by atoms with Crippen LogP contribution in [-0.4, -0.2) is 17.2 Å². The first-order valence-electron chi connectivity index (χ1n) is 6.15. The fourth-order valence-electron chi connectivity index (χ4n) is 2.18. The first-order valence-corrected chi connectivity index (χ1v) is 6.55. The molecule has 0 saturated heterocycles. The molecule has 6 heteroatoms. The van der Waals surface area contributed by atoms with Gasteiger partial charge in [-0.2, -0.15) is 0 Å². The number of fused-ring (bicyclic) bond motifs is 1. The molecule has 2 aromatic carbocycles. The number of nitrogens with zero attached hydrogens (tertiary/aromatic N) is 1. The summed E-state index contributed by atoms with van der Waals surface area (Å²) in [6.07, 6.45) is 0. The molecule has 0 atom stereocenters. The van der Waals surface area contributed by atoms with Crippen LogP contribution in [0.3, 0.4) is 0 Å². The van der Waals surface area contributed by atoms with Gasteiger partial charge in [0.25, 0.3) is 0 Å². The number of benzodiazepines with no additional fused rings is 1. The monoisotopic (exact) mass is 306 g/mol. The van der Waals surface area contributed by atoms with Gasteiger partial charge in [-0.05, 0) is 30.3 Å². The average Bonchev–Trinajstić information content (AvgIpc) is 2.58. The molecule has 1 N–H and O–H groups in total. The number of anilines is 1. The number of rotatable bonds is 1. The van der Waals surface area contributed by atoms with E-state index in [4.69, 9.17) is 12.2 Å². The Kier molecular flexibility index (Phi) is 3.47. The molecule has 1 aliphatic heterocycles. The average molecular weight is 306 g/mol. The van der Waals surface area contributed by atoms with Gasteiger partial charge in [-0.15, -0.1) is 0 Å². The molecule has 0 saturated carbocycles. The standard InChI is InChI=1S/C15H9F3N2S/c16-8-4-5-12-9(6-8)15(19-7-13(21)20-12)14-10(17)2-1-3-11(14)18/h1-6H,7H2,(H,20,21). The summed E-state index contributed by atoms with van der Waals surface area (Å²) in [4.78, 5) is 4.54. The van der Waals surface area contributed by atoms with Crippen LogP contribution in [0.5, 0.6) is 0 Å². The van der Waals surface area contributed by atoms with Crippen LogP contribution in [0.4, 0.5) is 18.9 Å². The Balaban J connectivity index is 2.28. The maximum absolute atomic E-state index is 14.0. The van der Waals surface area contributed by atoms with Crippen LogP contribution < -0.4 is 5.32 Å². The van der Waals surface area contributed by atoms with Gasteiger partial charge in [-0.25, -0.2) is 13.2 Å². The molecule has 0 unspecified atom stereocenters. The van der Waals surface area contributed by atoms with E-state index < -0.39 is 17.5 Å². The number of benzene rings is 2. The van der Waals surface area contributed by atoms with Crippen molar-refractivity contribution in [2.45, 2.75) is 0 Å². The predicted octanol–water partition coefficient (Wildman–Crippen LogP) is 3.69. The van der Waals surface area contributed by atoms with Crippen molar-refractivity contribution >= 4 is 28.6 Å². The molecule has 1 aliphatic rings. The van der Waals surface area contributed by atoms with Crippen molar-refractivity contribution in [3.63, 3.8) is 0 Å². The minimum atomic E-state index is -0.753. The number of aliphatic imine (C=N–C) groups is 1. The van der Waals surface area contributed by atoms with Crippen molar-refractivity contribution in [1.29, 1.82) is 0 Å². The number of nitrogens with one attached hydrogen (secondary N) is 1. The second kappa shape index (κ2) is 5.29. The zero-order valence-corrected chi connectivity index (χ0v) is 11.5. The van der Waals surface area contributed by atoms with E-state index in [1.54, 1.807) is 0 Å². The minimum Gasteiger partial charge on any atom is -0.348 e. The summed E-state index contributed by atoms with van der Waals surface area (Å²) >= 11 is 5.07. The van der Waals surface area contributed by atoms with Crippen molar-refractivity contribution in [2.24, 2.45) is 4.99 Å². The molecular formula is C15H9F3N2S. The van der Waals surface area contributed by atoms with Crippen molar-refractivity contribution in [3.05, 3.63) is 65.0 Å². The smallest absolute Gasteiger partial charge is 0.135 e.